The highest BCUT2D eigenvalue weighted by Crippen LogP contribution is 2.60. The van der Waals surface area contributed by atoms with Crippen LogP contribution in [0.25, 0.3) is 0 Å². The van der Waals surface area contributed by atoms with Gasteiger partial charge in [0, 0.05) is 12.8 Å². The highest BCUT2D eigenvalue weighted by molar-refractivity contribution is 5.87. The molecule has 5 heteroatoms. The Morgan fingerprint density at radius 3 is 2.40 bits per heavy atom. The van der Waals surface area contributed by atoms with Gasteiger partial charge in [-0.15, -0.1) is 0 Å². The van der Waals surface area contributed by atoms with Gasteiger partial charge in [-0.1, -0.05) is 38.1 Å². The van der Waals surface area contributed by atoms with E-state index in [0.29, 0.717) is 12.8 Å². The molecule has 0 aromatic heterocycles. The third-order valence-corrected chi connectivity index (χ3v) is 5.26. The summed E-state index contributed by atoms with van der Waals surface area (Å²) in [5.41, 5.74) is 1.99. The predicted molar refractivity (Wildman–Crippen MR) is 90.3 cm³/mol. The van der Waals surface area contributed by atoms with Crippen LogP contribution in [-0.4, -0.2) is 24.6 Å². The summed E-state index contributed by atoms with van der Waals surface area (Å²) >= 11 is 0. The second kappa shape index (κ2) is 6.62. The predicted octanol–water partition coefficient (Wildman–Crippen LogP) is 3.39. The molecular formula is C20H23FO4. The molecule has 0 saturated heterocycles. The van der Waals surface area contributed by atoms with Gasteiger partial charge in [-0.25, -0.2) is 4.79 Å². The van der Waals surface area contributed by atoms with Crippen LogP contribution in [0.5, 0.6) is 0 Å². The molecule has 2 aliphatic carbocycles. The molecule has 0 amide bonds. The Bertz CT molecular complexity index is 697. The molecule has 0 N–H and O–H groups in total. The quantitative estimate of drug-likeness (QED) is 0.606. The minimum atomic E-state index is -0.983. The van der Waals surface area contributed by atoms with Crippen LogP contribution in [0.3, 0.4) is 0 Å². The van der Waals surface area contributed by atoms with Crippen molar-refractivity contribution in [3.05, 3.63) is 47.3 Å². The van der Waals surface area contributed by atoms with E-state index in [9.17, 15) is 14.0 Å². The summed E-state index contributed by atoms with van der Waals surface area (Å²) in [5.74, 6) is -3.03. The number of esters is 2. The zero-order valence-corrected chi connectivity index (χ0v) is 14.8. The number of benzene rings is 1. The molecule has 0 heterocycles. The van der Waals surface area contributed by atoms with Crippen molar-refractivity contribution in [3.63, 3.8) is 0 Å². The Balaban J connectivity index is 1.61. The SMILES string of the molecule is CCOC(=O)/C(F)=C\[C@H]1[C@@H](C(=O)OC2Cc3ccccc3C2)C1(C)C. The number of ether oxygens (including phenoxy) is 2. The molecule has 4 nitrogen and oxygen atoms in total. The van der Waals surface area contributed by atoms with E-state index < -0.39 is 23.1 Å². The zero-order valence-electron chi connectivity index (χ0n) is 14.8. The normalized spacial score (nSPS) is 24.6. The number of hydrogen-bond donors (Lipinski definition) is 0. The molecule has 2 aliphatic rings. The van der Waals surface area contributed by atoms with E-state index in [1.165, 1.54) is 17.2 Å². The Morgan fingerprint density at radius 2 is 1.84 bits per heavy atom. The van der Waals surface area contributed by atoms with Crippen molar-refractivity contribution in [2.45, 2.75) is 39.7 Å². The van der Waals surface area contributed by atoms with E-state index >= 15 is 0 Å². The van der Waals surface area contributed by atoms with E-state index in [0.717, 1.165) is 0 Å². The maximum atomic E-state index is 13.9. The van der Waals surface area contributed by atoms with Crippen LogP contribution in [0.2, 0.25) is 0 Å². The maximum absolute atomic E-state index is 13.9. The highest BCUT2D eigenvalue weighted by Gasteiger charge is 2.62. The summed E-state index contributed by atoms with van der Waals surface area (Å²) in [7, 11) is 0. The minimum Gasteiger partial charge on any atom is -0.461 e. The summed E-state index contributed by atoms with van der Waals surface area (Å²) in [6, 6.07) is 8.05. The van der Waals surface area contributed by atoms with Crippen molar-refractivity contribution < 1.29 is 23.5 Å². The van der Waals surface area contributed by atoms with Crippen LogP contribution in [-0.2, 0) is 31.9 Å². The van der Waals surface area contributed by atoms with Crippen LogP contribution in [0.15, 0.2) is 36.2 Å². The second-order valence-electron chi connectivity index (χ2n) is 7.30. The number of fused-ring (bicyclic) bond motifs is 1. The molecule has 0 bridgehead atoms. The number of carbonyl (C=O) groups excluding carboxylic acids is 2. The molecule has 1 aromatic carbocycles. The summed E-state index contributed by atoms with van der Waals surface area (Å²) < 4.78 is 24.2. The van der Waals surface area contributed by atoms with Gasteiger partial charge in [0.1, 0.15) is 6.10 Å². The van der Waals surface area contributed by atoms with Crippen molar-refractivity contribution in [1.82, 2.24) is 0 Å². The standard InChI is InChI=1S/C20H23FO4/c1-4-24-18(22)16(21)11-15-17(20(15,2)3)19(23)25-14-9-12-7-5-6-8-13(12)10-14/h5-8,11,14-15,17H,4,9-10H2,1-3H3/b16-11+/t15-,17-/m0/s1. The molecule has 2 atom stereocenters. The van der Waals surface area contributed by atoms with Gasteiger partial charge < -0.3 is 9.47 Å². The molecule has 1 saturated carbocycles. The Labute approximate surface area is 147 Å². The lowest BCUT2D eigenvalue weighted by atomic mass is 10.1. The van der Waals surface area contributed by atoms with Crippen molar-refractivity contribution in [1.29, 1.82) is 0 Å². The fourth-order valence-corrected chi connectivity index (χ4v) is 3.70. The lowest BCUT2D eigenvalue weighted by Crippen LogP contribution is -2.21. The van der Waals surface area contributed by atoms with E-state index in [1.54, 1.807) is 6.92 Å². The van der Waals surface area contributed by atoms with Crippen molar-refractivity contribution in [2.24, 2.45) is 17.3 Å². The summed E-state index contributed by atoms with van der Waals surface area (Å²) in [6.07, 6.45) is 2.47. The van der Waals surface area contributed by atoms with Gasteiger partial charge >= 0.3 is 11.9 Å². The lowest BCUT2D eigenvalue weighted by molar-refractivity contribution is -0.151. The van der Waals surface area contributed by atoms with Gasteiger partial charge in [-0.05, 0) is 35.5 Å². The van der Waals surface area contributed by atoms with Gasteiger partial charge in [-0.3, -0.25) is 4.79 Å². The first-order chi connectivity index (χ1) is 11.8. The zero-order chi connectivity index (χ0) is 18.2. The summed E-state index contributed by atoms with van der Waals surface area (Å²) in [4.78, 5) is 23.9. The monoisotopic (exact) mass is 346 g/mol. The van der Waals surface area contributed by atoms with Crippen LogP contribution >= 0.6 is 0 Å². The van der Waals surface area contributed by atoms with Crippen LogP contribution in [0.1, 0.15) is 31.9 Å². The van der Waals surface area contributed by atoms with E-state index in [2.05, 4.69) is 4.74 Å². The molecule has 1 fully saturated rings. The molecule has 0 radical (unpaired) electrons. The summed E-state index contributed by atoms with van der Waals surface area (Å²) in [5, 5.41) is 0. The van der Waals surface area contributed by atoms with Crippen LogP contribution in [0, 0.1) is 17.3 Å². The number of hydrogen-bond acceptors (Lipinski definition) is 4. The molecule has 25 heavy (non-hydrogen) atoms. The topological polar surface area (TPSA) is 52.6 Å². The van der Waals surface area contributed by atoms with Crippen molar-refractivity contribution >= 4 is 11.9 Å². The molecule has 0 aliphatic heterocycles. The average molecular weight is 346 g/mol. The number of halogens is 1. The number of allylic oxidation sites excluding steroid dienone is 1. The third-order valence-electron chi connectivity index (χ3n) is 5.26. The fraction of sp³-hybridized carbons (Fsp3) is 0.500. The second-order valence-corrected chi connectivity index (χ2v) is 7.30. The lowest BCUT2D eigenvalue weighted by Gasteiger charge is -2.12. The fourth-order valence-electron chi connectivity index (χ4n) is 3.70. The van der Waals surface area contributed by atoms with Crippen molar-refractivity contribution in [3.8, 4) is 0 Å². The van der Waals surface area contributed by atoms with Crippen LogP contribution < -0.4 is 0 Å². The Morgan fingerprint density at radius 1 is 1.24 bits per heavy atom. The average Bonchev–Trinajstić information content (AvgIpc) is 2.90. The molecule has 1 aromatic rings. The maximum Gasteiger partial charge on any atom is 0.366 e. The van der Waals surface area contributed by atoms with E-state index in [4.69, 9.17) is 4.74 Å². The number of carbonyl (C=O) groups is 2. The van der Waals surface area contributed by atoms with Gasteiger partial charge in [0.05, 0.1) is 12.5 Å². The number of rotatable bonds is 5. The first kappa shape index (κ1) is 17.6. The molecule has 3 rings (SSSR count). The van der Waals surface area contributed by atoms with Gasteiger partial charge in [0.25, 0.3) is 0 Å². The molecule has 0 spiro atoms. The minimum absolute atomic E-state index is 0.113. The van der Waals surface area contributed by atoms with Crippen molar-refractivity contribution in [2.75, 3.05) is 6.61 Å². The highest BCUT2D eigenvalue weighted by atomic mass is 19.1. The van der Waals surface area contributed by atoms with Gasteiger partial charge in [-0.2, -0.15) is 4.39 Å². The summed E-state index contributed by atoms with van der Waals surface area (Å²) in [6.45, 7) is 5.48. The molecular weight excluding hydrogens is 323 g/mol. The first-order valence-corrected chi connectivity index (χ1v) is 8.66. The third kappa shape index (κ3) is 3.46. The Hall–Kier alpha value is -2.17. The van der Waals surface area contributed by atoms with E-state index in [1.807, 2.05) is 38.1 Å². The smallest absolute Gasteiger partial charge is 0.366 e. The van der Waals surface area contributed by atoms with Gasteiger partial charge in [0.15, 0.2) is 0 Å². The largest absolute Gasteiger partial charge is 0.461 e. The first-order valence-electron chi connectivity index (χ1n) is 8.66. The molecule has 0 unspecified atom stereocenters. The molecule has 134 valence electrons. The van der Waals surface area contributed by atoms with Crippen LogP contribution in [0.4, 0.5) is 4.39 Å². The Kier molecular flexibility index (Phi) is 4.67. The van der Waals surface area contributed by atoms with E-state index in [-0.39, 0.29) is 24.6 Å². The van der Waals surface area contributed by atoms with Gasteiger partial charge in [0.2, 0.25) is 5.83 Å².